The number of hydrogen-bond acceptors (Lipinski definition) is 6. The number of rotatable bonds is 15. The van der Waals surface area contributed by atoms with Gasteiger partial charge >= 0.3 is 12.1 Å². The van der Waals surface area contributed by atoms with E-state index in [-0.39, 0.29) is 54.7 Å². The molecule has 0 fully saturated rings. The highest BCUT2D eigenvalue weighted by Gasteiger charge is 2.47. The number of esters is 1. The molecule has 4 N–H and O–H groups in total. The maximum absolute atomic E-state index is 14.6. The molecule has 1 aromatic heterocycles. The molecule has 0 saturated carbocycles. The number of benzene rings is 2. The second-order valence-electron chi connectivity index (χ2n) is 14.1. The van der Waals surface area contributed by atoms with Crippen molar-refractivity contribution in [1.29, 1.82) is 0 Å². The highest BCUT2D eigenvalue weighted by atomic mass is 19.4. The van der Waals surface area contributed by atoms with E-state index in [4.69, 9.17) is 4.74 Å². The zero-order chi connectivity index (χ0) is 38.4. The maximum Gasteiger partial charge on any atom is 0.418 e. The van der Waals surface area contributed by atoms with Crippen molar-refractivity contribution in [2.45, 2.75) is 90.0 Å². The van der Waals surface area contributed by atoms with Crippen LogP contribution < -0.4 is 16.0 Å². The number of fused-ring (bicyclic) bond motifs is 3. The van der Waals surface area contributed by atoms with Crippen LogP contribution in [0, 0.1) is 17.7 Å². The van der Waals surface area contributed by atoms with E-state index >= 15 is 0 Å². The van der Waals surface area contributed by atoms with Gasteiger partial charge in [-0.1, -0.05) is 70.9 Å². The number of amides is 3. The predicted octanol–water partition coefficient (Wildman–Crippen LogP) is 5.08. The smallest absolute Gasteiger partial charge is 0.418 e. The van der Waals surface area contributed by atoms with Gasteiger partial charge in [0.25, 0.3) is 0 Å². The van der Waals surface area contributed by atoms with Crippen LogP contribution >= 0.6 is 0 Å². The summed E-state index contributed by atoms with van der Waals surface area (Å²) in [4.78, 5) is 60.1. The number of para-hydroxylation sites is 1. The van der Waals surface area contributed by atoms with E-state index in [2.05, 4.69) is 20.9 Å². The van der Waals surface area contributed by atoms with Gasteiger partial charge in [0.2, 0.25) is 17.7 Å². The van der Waals surface area contributed by atoms with Gasteiger partial charge in [-0.3, -0.25) is 14.4 Å². The molecule has 4 rings (SSSR count). The van der Waals surface area contributed by atoms with E-state index in [1.165, 1.54) is 30.3 Å². The van der Waals surface area contributed by atoms with Crippen molar-refractivity contribution in [3.63, 3.8) is 0 Å². The van der Waals surface area contributed by atoms with E-state index in [0.717, 1.165) is 6.07 Å². The van der Waals surface area contributed by atoms with Crippen LogP contribution in [0.25, 0.3) is 10.9 Å². The van der Waals surface area contributed by atoms with Gasteiger partial charge in [-0.15, -0.1) is 0 Å². The topological polar surface area (TPSA) is 133 Å². The second kappa shape index (κ2) is 16.9. The zero-order valence-electron chi connectivity index (χ0n) is 30.5. The van der Waals surface area contributed by atoms with Crippen LogP contribution in [0.2, 0.25) is 0 Å². The van der Waals surface area contributed by atoms with Crippen molar-refractivity contribution < 1.29 is 41.5 Å². The molecule has 2 aromatic carbocycles. The number of H-pyrrole nitrogens is 1. The Labute approximate surface area is 301 Å². The van der Waals surface area contributed by atoms with E-state index in [9.17, 15) is 36.7 Å². The Balaban J connectivity index is 1.72. The van der Waals surface area contributed by atoms with Gasteiger partial charge < -0.3 is 30.6 Å². The van der Waals surface area contributed by atoms with Gasteiger partial charge in [0.15, 0.2) is 0 Å². The number of carbonyl (C=O) groups excluding carboxylic acids is 4. The third-order valence-corrected chi connectivity index (χ3v) is 10.1. The van der Waals surface area contributed by atoms with E-state index < -0.39 is 64.8 Å². The molecular weight excluding hydrogens is 682 g/mol. The third-order valence-electron chi connectivity index (χ3n) is 10.1. The first-order valence-electron chi connectivity index (χ1n) is 17.7. The Kier molecular flexibility index (Phi) is 13.1. The highest BCUT2D eigenvalue weighted by Crippen LogP contribution is 2.40. The Hall–Kier alpha value is -4.46. The second-order valence-corrected chi connectivity index (χ2v) is 14.1. The number of nitrogens with one attached hydrogen (secondary N) is 4. The Bertz CT molecular complexity index is 1760. The van der Waals surface area contributed by atoms with Crippen LogP contribution in [0.15, 0.2) is 42.5 Å². The minimum atomic E-state index is -4.64. The quantitative estimate of drug-likeness (QED) is 0.127. The van der Waals surface area contributed by atoms with Gasteiger partial charge in [0.1, 0.15) is 30.0 Å². The summed E-state index contributed by atoms with van der Waals surface area (Å²) in [5.41, 5.74) is -1.63. The molecule has 3 unspecified atom stereocenters. The summed E-state index contributed by atoms with van der Waals surface area (Å²) < 4.78 is 61.9. The minimum Gasteiger partial charge on any atom is -0.463 e. The largest absolute Gasteiger partial charge is 0.463 e. The Morgan fingerprint density at radius 2 is 1.63 bits per heavy atom. The van der Waals surface area contributed by atoms with Crippen molar-refractivity contribution in [2.75, 3.05) is 27.2 Å². The lowest BCUT2D eigenvalue weighted by molar-refractivity contribution is -0.151. The number of nitrogens with zero attached hydrogens (tertiary/aromatic N) is 1. The number of ether oxygens (including phenoxy) is 1. The van der Waals surface area contributed by atoms with Crippen molar-refractivity contribution in [2.24, 2.45) is 11.8 Å². The molecule has 1 heterocycles. The zero-order valence-corrected chi connectivity index (χ0v) is 30.5. The van der Waals surface area contributed by atoms with Crippen LogP contribution in [0.4, 0.5) is 17.6 Å². The minimum absolute atomic E-state index is 0.0228. The van der Waals surface area contributed by atoms with Gasteiger partial charge in [-0.2, -0.15) is 13.2 Å². The normalized spacial score (nSPS) is 18.2. The number of halogens is 4. The molecule has 0 spiro atoms. The van der Waals surface area contributed by atoms with E-state index in [1.54, 1.807) is 19.9 Å². The lowest BCUT2D eigenvalue weighted by Gasteiger charge is -2.39. The molecular formula is C38H49F4N5O5. The maximum atomic E-state index is 14.6. The fourth-order valence-electron chi connectivity index (χ4n) is 6.49. The molecule has 3 aromatic rings. The first-order chi connectivity index (χ1) is 24.5. The van der Waals surface area contributed by atoms with Crippen LogP contribution in [-0.2, 0) is 49.4 Å². The van der Waals surface area contributed by atoms with Crippen LogP contribution in [0.3, 0.4) is 0 Å². The SMILES string of the molecule is CCC(C)C(NC(=O)[C@@]1(NC(=O)[C@@H](NC(=O)Cc2ccccc2F)C(C)CC)CCc2[nH]c3c(C(F)(F)F)cccc3c2C1)C(=O)OCCN(C)C. The average Bonchev–Trinajstić information content (AvgIpc) is 3.46. The number of aryl methyl sites for hydroxylation is 1. The summed E-state index contributed by atoms with van der Waals surface area (Å²) in [6.07, 6.45) is -4.12. The monoisotopic (exact) mass is 731 g/mol. The van der Waals surface area contributed by atoms with Crippen LogP contribution in [-0.4, -0.2) is 78.4 Å². The molecule has 284 valence electrons. The molecule has 5 atom stereocenters. The van der Waals surface area contributed by atoms with Crippen molar-refractivity contribution in [3.05, 3.63) is 70.7 Å². The number of alkyl halides is 3. The number of aromatic nitrogens is 1. The third kappa shape index (κ3) is 9.30. The molecule has 1 aliphatic rings. The molecule has 10 nitrogen and oxygen atoms in total. The molecule has 3 amide bonds. The molecule has 52 heavy (non-hydrogen) atoms. The fraction of sp³-hybridized carbons (Fsp3) is 0.526. The van der Waals surface area contributed by atoms with Gasteiger partial charge in [0, 0.05) is 24.0 Å². The van der Waals surface area contributed by atoms with Crippen molar-refractivity contribution in [1.82, 2.24) is 25.8 Å². The average molecular weight is 732 g/mol. The predicted molar refractivity (Wildman–Crippen MR) is 189 cm³/mol. The number of aromatic amines is 1. The number of likely N-dealkylation sites (N-methyl/N-ethyl adjacent to an activating group) is 1. The first-order valence-corrected chi connectivity index (χ1v) is 17.7. The highest BCUT2D eigenvalue weighted by molar-refractivity contribution is 5.98. The molecule has 0 saturated heterocycles. The number of hydrogen-bond donors (Lipinski definition) is 4. The summed E-state index contributed by atoms with van der Waals surface area (Å²) >= 11 is 0. The molecule has 0 radical (unpaired) electrons. The summed E-state index contributed by atoms with van der Waals surface area (Å²) in [7, 11) is 3.64. The Morgan fingerprint density at radius 3 is 2.27 bits per heavy atom. The van der Waals surface area contributed by atoms with Gasteiger partial charge in [-0.05, 0) is 62.0 Å². The summed E-state index contributed by atoms with van der Waals surface area (Å²) in [5, 5.41) is 8.70. The molecule has 0 aliphatic heterocycles. The first kappa shape index (κ1) is 40.3. The van der Waals surface area contributed by atoms with Crippen molar-refractivity contribution >= 4 is 34.6 Å². The Morgan fingerprint density at radius 1 is 0.962 bits per heavy atom. The van der Waals surface area contributed by atoms with Crippen LogP contribution in [0.1, 0.15) is 69.3 Å². The number of carbonyl (C=O) groups is 4. The lowest BCUT2D eigenvalue weighted by atomic mass is 9.78. The summed E-state index contributed by atoms with van der Waals surface area (Å²) in [6.45, 7) is 7.75. The lowest BCUT2D eigenvalue weighted by Crippen LogP contribution is -2.67. The standard InChI is InChI=1S/C38H49F4N5O5/c1-7-22(3)31(44-30(48)20-24-12-9-10-15-28(24)39)34(49)46-37(36(51)45-32(23(4)8-2)35(50)52-19-18-47(5)6)17-16-29-26(21-37)25-13-11-14-27(33(25)43-29)38(40,41)42/h9-15,22-23,31-32,43H,7-8,16-21H2,1-6H3,(H,44,48)(H,45,51)(H,46,49)/t22?,23?,31-,32?,37+/m0/s1. The van der Waals surface area contributed by atoms with Gasteiger partial charge in [0.05, 0.1) is 17.5 Å². The van der Waals surface area contributed by atoms with Crippen molar-refractivity contribution in [3.8, 4) is 0 Å². The van der Waals surface area contributed by atoms with E-state index in [1.807, 2.05) is 32.8 Å². The van der Waals surface area contributed by atoms with E-state index in [0.29, 0.717) is 30.6 Å². The molecule has 14 heteroatoms. The summed E-state index contributed by atoms with van der Waals surface area (Å²) in [5.74, 6) is -4.02. The molecule has 0 bridgehead atoms. The fourth-order valence-corrected chi connectivity index (χ4v) is 6.49. The summed E-state index contributed by atoms with van der Waals surface area (Å²) in [6, 6.07) is 7.37. The van der Waals surface area contributed by atoms with Crippen LogP contribution in [0.5, 0.6) is 0 Å². The molecule has 1 aliphatic carbocycles. The van der Waals surface area contributed by atoms with Gasteiger partial charge in [-0.25, -0.2) is 9.18 Å².